The number of carbonyl (C=O) groups is 1. The average Bonchev–Trinajstić information content (AvgIpc) is 2.61. The summed E-state index contributed by atoms with van der Waals surface area (Å²) in [4.78, 5) is 11.4. The molecule has 27 heavy (non-hydrogen) atoms. The minimum atomic E-state index is -0.116. The van der Waals surface area contributed by atoms with Crippen LogP contribution in [0.1, 0.15) is 90.4 Å². The SMILES string of the molecule is CCCCCCCC[N+](C)(C)CCCC1(OC=O)C2CC3CC(C2)CC1C3. The van der Waals surface area contributed by atoms with Crippen molar-refractivity contribution in [3.8, 4) is 0 Å². The van der Waals surface area contributed by atoms with Crippen molar-refractivity contribution < 1.29 is 14.0 Å². The highest BCUT2D eigenvalue weighted by Gasteiger charge is 2.58. The highest BCUT2D eigenvalue weighted by Crippen LogP contribution is 2.60. The number of hydrogen-bond donors (Lipinski definition) is 0. The predicted octanol–water partition coefficient (Wildman–Crippen LogP) is 5.57. The highest BCUT2D eigenvalue weighted by molar-refractivity contribution is 5.39. The first-order chi connectivity index (χ1) is 13.0. The Labute approximate surface area is 167 Å². The Bertz CT molecular complexity index is 445. The van der Waals surface area contributed by atoms with Gasteiger partial charge in [-0.25, -0.2) is 0 Å². The first kappa shape index (κ1) is 21.1. The summed E-state index contributed by atoms with van der Waals surface area (Å²) in [5.74, 6) is 3.15. The summed E-state index contributed by atoms with van der Waals surface area (Å²) in [6.07, 6.45) is 17.3. The van der Waals surface area contributed by atoms with Gasteiger partial charge in [-0.2, -0.15) is 0 Å². The Morgan fingerprint density at radius 1 is 0.852 bits per heavy atom. The maximum Gasteiger partial charge on any atom is 0.293 e. The van der Waals surface area contributed by atoms with Crippen LogP contribution in [-0.4, -0.2) is 43.7 Å². The summed E-state index contributed by atoms with van der Waals surface area (Å²) >= 11 is 0. The van der Waals surface area contributed by atoms with Crippen LogP contribution in [0.3, 0.4) is 0 Å². The molecule has 4 aliphatic rings. The molecule has 4 aliphatic carbocycles. The Balaban J connectivity index is 1.45. The van der Waals surface area contributed by atoms with Crippen molar-refractivity contribution in [3.05, 3.63) is 0 Å². The van der Waals surface area contributed by atoms with E-state index in [0.29, 0.717) is 11.8 Å². The summed E-state index contributed by atoms with van der Waals surface area (Å²) in [5, 5.41) is 0. The predicted molar refractivity (Wildman–Crippen MR) is 111 cm³/mol. The first-order valence-electron chi connectivity index (χ1n) is 11.9. The Morgan fingerprint density at radius 3 is 2.00 bits per heavy atom. The van der Waals surface area contributed by atoms with E-state index < -0.39 is 0 Å². The fourth-order valence-corrected chi connectivity index (χ4v) is 6.95. The molecule has 0 atom stereocenters. The van der Waals surface area contributed by atoms with Crippen molar-refractivity contribution in [1.29, 1.82) is 0 Å². The quantitative estimate of drug-likeness (QED) is 0.238. The van der Waals surface area contributed by atoms with Gasteiger partial charge in [-0.1, -0.05) is 32.6 Å². The van der Waals surface area contributed by atoms with Crippen LogP contribution in [0.2, 0.25) is 0 Å². The van der Waals surface area contributed by atoms with E-state index in [1.54, 1.807) is 0 Å². The third-order valence-corrected chi connectivity index (χ3v) is 8.24. The molecule has 0 aromatic rings. The summed E-state index contributed by atoms with van der Waals surface area (Å²) in [7, 11) is 4.77. The third-order valence-electron chi connectivity index (χ3n) is 8.24. The Kier molecular flexibility index (Phi) is 7.27. The van der Waals surface area contributed by atoms with E-state index in [2.05, 4.69) is 21.0 Å². The van der Waals surface area contributed by atoms with Crippen molar-refractivity contribution in [2.75, 3.05) is 27.2 Å². The molecule has 0 N–H and O–H groups in total. The fourth-order valence-electron chi connectivity index (χ4n) is 6.95. The van der Waals surface area contributed by atoms with E-state index in [-0.39, 0.29) is 5.60 Å². The molecule has 0 radical (unpaired) electrons. The van der Waals surface area contributed by atoms with Crippen molar-refractivity contribution in [1.82, 2.24) is 0 Å². The zero-order chi connectivity index (χ0) is 19.3. The van der Waals surface area contributed by atoms with Crippen molar-refractivity contribution in [2.24, 2.45) is 23.7 Å². The molecule has 0 saturated heterocycles. The van der Waals surface area contributed by atoms with E-state index in [1.807, 2.05) is 0 Å². The molecule has 0 aromatic carbocycles. The minimum Gasteiger partial charge on any atom is -0.461 e. The lowest BCUT2D eigenvalue weighted by Gasteiger charge is -2.60. The molecule has 4 saturated carbocycles. The molecular weight excluding hydrogens is 334 g/mol. The number of hydrogen-bond acceptors (Lipinski definition) is 2. The number of nitrogens with zero attached hydrogens (tertiary/aromatic N) is 1. The molecule has 3 heteroatoms. The van der Waals surface area contributed by atoms with Gasteiger partial charge in [0.2, 0.25) is 0 Å². The lowest BCUT2D eigenvalue weighted by molar-refractivity contribution is -0.890. The molecule has 4 bridgehead atoms. The van der Waals surface area contributed by atoms with Gasteiger partial charge in [-0.3, -0.25) is 4.79 Å². The van der Waals surface area contributed by atoms with Gasteiger partial charge in [0, 0.05) is 6.42 Å². The topological polar surface area (TPSA) is 26.3 Å². The van der Waals surface area contributed by atoms with Crippen LogP contribution in [-0.2, 0) is 9.53 Å². The highest BCUT2D eigenvalue weighted by atomic mass is 16.5. The molecule has 0 aliphatic heterocycles. The largest absolute Gasteiger partial charge is 0.461 e. The van der Waals surface area contributed by atoms with E-state index in [4.69, 9.17) is 4.74 Å². The molecule has 0 spiro atoms. The van der Waals surface area contributed by atoms with Crippen LogP contribution >= 0.6 is 0 Å². The second-order valence-electron chi connectivity index (χ2n) is 10.7. The summed E-state index contributed by atoms with van der Waals surface area (Å²) < 4.78 is 7.09. The van der Waals surface area contributed by atoms with Gasteiger partial charge in [-0.15, -0.1) is 0 Å². The monoisotopic (exact) mass is 378 g/mol. The van der Waals surface area contributed by atoms with Crippen LogP contribution in [0, 0.1) is 23.7 Å². The van der Waals surface area contributed by atoms with Crippen molar-refractivity contribution in [2.45, 2.75) is 96.0 Å². The van der Waals surface area contributed by atoms with Gasteiger partial charge in [-0.05, 0) is 75.0 Å². The summed E-state index contributed by atoms with van der Waals surface area (Å²) in [5.41, 5.74) is -0.116. The zero-order valence-electron chi connectivity index (χ0n) is 18.3. The smallest absolute Gasteiger partial charge is 0.293 e. The normalized spacial score (nSPS) is 34.8. The molecule has 156 valence electrons. The molecule has 0 unspecified atom stereocenters. The van der Waals surface area contributed by atoms with E-state index in [0.717, 1.165) is 29.2 Å². The molecule has 0 aromatic heterocycles. The van der Waals surface area contributed by atoms with Crippen LogP contribution in [0.25, 0.3) is 0 Å². The first-order valence-corrected chi connectivity index (χ1v) is 11.9. The molecule has 3 nitrogen and oxygen atoms in total. The second kappa shape index (κ2) is 9.29. The van der Waals surface area contributed by atoms with Crippen molar-refractivity contribution in [3.63, 3.8) is 0 Å². The van der Waals surface area contributed by atoms with Gasteiger partial charge in [0.15, 0.2) is 0 Å². The number of rotatable bonds is 13. The Hall–Kier alpha value is -0.570. The van der Waals surface area contributed by atoms with E-state index in [9.17, 15) is 4.79 Å². The maximum atomic E-state index is 11.4. The minimum absolute atomic E-state index is 0.116. The van der Waals surface area contributed by atoms with Gasteiger partial charge in [0.25, 0.3) is 6.47 Å². The van der Waals surface area contributed by atoms with Crippen LogP contribution < -0.4 is 0 Å². The summed E-state index contributed by atoms with van der Waals surface area (Å²) in [6.45, 7) is 5.55. The van der Waals surface area contributed by atoms with Crippen LogP contribution in [0.4, 0.5) is 0 Å². The van der Waals surface area contributed by atoms with Crippen LogP contribution in [0.15, 0.2) is 0 Å². The third kappa shape index (κ3) is 5.08. The van der Waals surface area contributed by atoms with E-state index >= 15 is 0 Å². The number of ether oxygens (including phenoxy) is 1. The lowest BCUT2D eigenvalue weighted by atomic mass is 9.49. The average molecular weight is 379 g/mol. The number of unbranched alkanes of at least 4 members (excludes halogenated alkanes) is 5. The zero-order valence-corrected chi connectivity index (χ0v) is 18.3. The number of quaternary nitrogens is 1. The maximum absolute atomic E-state index is 11.4. The van der Waals surface area contributed by atoms with Gasteiger partial charge in [0.1, 0.15) is 5.60 Å². The standard InChI is InChI=1S/C24H44NO2/c1-4-5-6-7-8-9-12-25(2,3)13-10-11-24(27-19-26)22-15-20-14-21(17-22)18-23(24)16-20/h19-23H,4-18H2,1-3H3/q+1. The molecular formula is C24H44NO2+. The second-order valence-corrected chi connectivity index (χ2v) is 10.7. The lowest BCUT2D eigenvalue weighted by Crippen LogP contribution is -2.59. The Morgan fingerprint density at radius 2 is 1.41 bits per heavy atom. The number of carbonyl (C=O) groups excluding carboxylic acids is 1. The molecule has 0 heterocycles. The van der Waals surface area contributed by atoms with E-state index in [1.165, 1.54) is 90.1 Å². The molecule has 4 fully saturated rings. The van der Waals surface area contributed by atoms with Crippen LogP contribution in [0.5, 0.6) is 0 Å². The van der Waals surface area contributed by atoms with Gasteiger partial charge >= 0.3 is 0 Å². The summed E-state index contributed by atoms with van der Waals surface area (Å²) in [6, 6.07) is 0. The van der Waals surface area contributed by atoms with Gasteiger partial charge < -0.3 is 9.22 Å². The molecule has 4 rings (SSSR count). The fraction of sp³-hybridized carbons (Fsp3) is 0.958. The van der Waals surface area contributed by atoms with Gasteiger partial charge in [0.05, 0.1) is 27.2 Å². The molecule has 0 amide bonds. The van der Waals surface area contributed by atoms with Crippen molar-refractivity contribution >= 4 is 6.47 Å².